The van der Waals surface area contributed by atoms with Gasteiger partial charge >= 0.3 is 5.97 Å². The summed E-state index contributed by atoms with van der Waals surface area (Å²) in [5.41, 5.74) is 0.0490. The highest BCUT2D eigenvalue weighted by atomic mass is 127. The van der Waals surface area contributed by atoms with Crippen molar-refractivity contribution in [2.45, 2.75) is 12.8 Å². The number of hydrogen-bond donors (Lipinski definition) is 1. The van der Waals surface area contributed by atoms with Gasteiger partial charge in [0, 0.05) is 4.47 Å². The number of hydrogen-bond acceptors (Lipinski definition) is 2. The molecule has 0 atom stereocenters. The van der Waals surface area contributed by atoms with E-state index in [-0.39, 0.29) is 21.4 Å². The van der Waals surface area contributed by atoms with Gasteiger partial charge in [-0.1, -0.05) is 0 Å². The summed E-state index contributed by atoms with van der Waals surface area (Å²) in [6.45, 7) is 0. The number of carboxylic acid groups (broad SMARTS) is 1. The average Bonchev–Trinajstić information content (AvgIpc) is 2.09. The molecule has 0 aromatic carbocycles. The zero-order valence-electron chi connectivity index (χ0n) is 7.18. The van der Waals surface area contributed by atoms with E-state index in [2.05, 4.69) is 20.9 Å². The molecule has 0 aliphatic carbocycles. The van der Waals surface area contributed by atoms with Gasteiger partial charge in [0.05, 0.1) is 17.7 Å². The SMILES string of the molecule is O=C(O)Cc1nc(I)c(C(F)F)cc1Br. The maximum atomic E-state index is 12.4. The molecule has 7 heteroatoms. The number of carboxylic acids is 1. The molecule has 82 valence electrons. The minimum Gasteiger partial charge on any atom is -0.481 e. The van der Waals surface area contributed by atoms with Gasteiger partial charge in [-0.05, 0) is 44.6 Å². The maximum absolute atomic E-state index is 12.4. The smallest absolute Gasteiger partial charge is 0.309 e. The molecular weight excluding hydrogens is 387 g/mol. The van der Waals surface area contributed by atoms with Gasteiger partial charge < -0.3 is 5.11 Å². The third-order valence-corrected chi connectivity index (χ3v) is 3.13. The molecule has 1 aromatic rings. The van der Waals surface area contributed by atoms with Crippen LogP contribution in [0.2, 0.25) is 0 Å². The highest BCUT2D eigenvalue weighted by Gasteiger charge is 2.17. The number of carbonyl (C=O) groups is 1. The predicted molar refractivity (Wildman–Crippen MR) is 61.0 cm³/mol. The number of rotatable bonds is 3. The van der Waals surface area contributed by atoms with Crippen molar-refractivity contribution in [2.24, 2.45) is 0 Å². The number of aliphatic carboxylic acids is 1. The Morgan fingerprint density at radius 2 is 2.27 bits per heavy atom. The molecule has 0 aliphatic heterocycles. The molecule has 1 heterocycles. The highest BCUT2D eigenvalue weighted by molar-refractivity contribution is 14.1. The molecule has 15 heavy (non-hydrogen) atoms. The Labute approximate surface area is 106 Å². The van der Waals surface area contributed by atoms with E-state index < -0.39 is 12.4 Å². The molecule has 0 fully saturated rings. The van der Waals surface area contributed by atoms with Crippen LogP contribution in [0.4, 0.5) is 8.78 Å². The molecule has 1 aromatic heterocycles. The van der Waals surface area contributed by atoms with Crippen molar-refractivity contribution in [3.8, 4) is 0 Å². The normalized spacial score (nSPS) is 10.7. The summed E-state index contributed by atoms with van der Waals surface area (Å²) in [5, 5.41) is 8.55. The lowest BCUT2D eigenvalue weighted by molar-refractivity contribution is -0.136. The average molecular weight is 392 g/mol. The molecule has 0 spiro atoms. The molecule has 1 rings (SSSR count). The monoisotopic (exact) mass is 391 g/mol. The van der Waals surface area contributed by atoms with Crippen LogP contribution in [0.5, 0.6) is 0 Å². The first kappa shape index (κ1) is 12.8. The Morgan fingerprint density at radius 1 is 1.67 bits per heavy atom. The van der Waals surface area contributed by atoms with Gasteiger partial charge in [0.25, 0.3) is 6.43 Å². The fourth-order valence-electron chi connectivity index (χ4n) is 0.936. The fourth-order valence-corrected chi connectivity index (χ4v) is 2.09. The van der Waals surface area contributed by atoms with E-state index in [0.29, 0.717) is 4.47 Å². The third-order valence-electron chi connectivity index (χ3n) is 1.58. The zero-order chi connectivity index (χ0) is 11.6. The lowest BCUT2D eigenvalue weighted by Gasteiger charge is -2.06. The number of halogens is 4. The number of alkyl halides is 2. The van der Waals surface area contributed by atoms with Crippen LogP contribution in [0.15, 0.2) is 10.5 Å². The summed E-state index contributed by atoms with van der Waals surface area (Å²) in [6.07, 6.45) is -2.90. The summed E-state index contributed by atoms with van der Waals surface area (Å²) >= 11 is 4.68. The molecule has 0 unspecified atom stereocenters. The van der Waals surface area contributed by atoms with Crippen LogP contribution in [0.25, 0.3) is 0 Å². The van der Waals surface area contributed by atoms with Gasteiger partial charge in [0.2, 0.25) is 0 Å². The van der Waals surface area contributed by atoms with Crippen LogP contribution in [0.3, 0.4) is 0 Å². The topological polar surface area (TPSA) is 50.2 Å². The van der Waals surface area contributed by atoms with Crippen molar-refractivity contribution < 1.29 is 18.7 Å². The number of pyridine rings is 1. The molecule has 0 aliphatic rings. The molecule has 0 amide bonds. The van der Waals surface area contributed by atoms with Crippen LogP contribution < -0.4 is 0 Å². The van der Waals surface area contributed by atoms with E-state index in [1.165, 1.54) is 6.07 Å². The van der Waals surface area contributed by atoms with E-state index in [1.54, 1.807) is 22.6 Å². The fraction of sp³-hybridized carbons (Fsp3) is 0.250. The van der Waals surface area contributed by atoms with Crippen molar-refractivity contribution in [3.05, 3.63) is 25.5 Å². The van der Waals surface area contributed by atoms with Gasteiger partial charge in [-0.25, -0.2) is 13.8 Å². The summed E-state index contributed by atoms with van der Waals surface area (Å²) in [7, 11) is 0. The second-order valence-electron chi connectivity index (χ2n) is 2.67. The van der Waals surface area contributed by atoms with E-state index in [0.717, 1.165) is 0 Å². The van der Waals surface area contributed by atoms with E-state index in [1.807, 2.05) is 0 Å². The molecule has 0 radical (unpaired) electrons. The summed E-state index contributed by atoms with van der Waals surface area (Å²) in [6, 6.07) is 1.21. The van der Waals surface area contributed by atoms with E-state index in [9.17, 15) is 13.6 Å². The first-order valence-corrected chi connectivity index (χ1v) is 5.63. The van der Waals surface area contributed by atoms with Crippen molar-refractivity contribution in [2.75, 3.05) is 0 Å². The third kappa shape index (κ3) is 3.33. The predicted octanol–water partition coefficient (Wildman–Crippen LogP) is 3.01. The van der Waals surface area contributed by atoms with Gasteiger partial charge in [-0.3, -0.25) is 4.79 Å². The van der Waals surface area contributed by atoms with E-state index in [4.69, 9.17) is 5.11 Å². The highest BCUT2D eigenvalue weighted by Crippen LogP contribution is 2.28. The first-order chi connectivity index (χ1) is 6.91. The van der Waals surface area contributed by atoms with Gasteiger partial charge in [0.1, 0.15) is 3.70 Å². The lowest BCUT2D eigenvalue weighted by atomic mass is 10.2. The Morgan fingerprint density at radius 3 is 2.73 bits per heavy atom. The molecule has 1 N–H and O–H groups in total. The number of nitrogens with zero attached hydrogens (tertiary/aromatic N) is 1. The van der Waals surface area contributed by atoms with Crippen LogP contribution in [-0.4, -0.2) is 16.1 Å². The van der Waals surface area contributed by atoms with Crippen LogP contribution in [-0.2, 0) is 11.2 Å². The van der Waals surface area contributed by atoms with Gasteiger partial charge in [0.15, 0.2) is 0 Å². The van der Waals surface area contributed by atoms with Crippen molar-refractivity contribution >= 4 is 44.5 Å². The lowest BCUT2D eigenvalue weighted by Crippen LogP contribution is -2.06. The van der Waals surface area contributed by atoms with Crippen molar-refractivity contribution in [1.82, 2.24) is 4.98 Å². The maximum Gasteiger partial charge on any atom is 0.309 e. The second-order valence-corrected chi connectivity index (χ2v) is 4.54. The summed E-state index contributed by atoms with van der Waals surface area (Å²) in [4.78, 5) is 14.3. The molecule has 3 nitrogen and oxygen atoms in total. The number of aromatic nitrogens is 1. The van der Waals surface area contributed by atoms with Crippen molar-refractivity contribution in [1.29, 1.82) is 0 Å². The first-order valence-electron chi connectivity index (χ1n) is 3.76. The minimum atomic E-state index is -2.61. The Kier molecular flexibility index (Phi) is 4.38. The summed E-state index contributed by atoms with van der Waals surface area (Å²) in [5.74, 6) is -1.05. The zero-order valence-corrected chi connectivity index (χ0v) is 10.9. The van der Waals surface area contributed by atoms with E-state index >= 15 is 0 Å². The quantitative estimate of drug-likeness (QED) is 0.636. The Hall–Kier alpha value is -0.310. The van der Waals surface area contributed by atoms with Crippen LogP contribution in [0.1, 0.15) is 17.7 Å². The van der Waals surface area contributed by atoms with Crippen LogP contribution in [0, 0.1) is 3.70 Å². The Bertz CT molecular complexity index is 400. The standard InChI is InChI=1S/C8H5BrF2INO2/c9-4-1-3(7(10)11)8(12)13-5(4)2-6(14)15/h1,7H,2H2,(H,14,15). The Balaban J connectivity index is 3.13. The summed E-state index contributed by atoms with van der Waals surface area (Å²) < 4.78 is 25.3. The van der Waals surface area contributed by atoms with Gasteiger partial charge in [-0.15, -0.1) is 0 Å². The van der Waals surface area contributed by atoms with Crippen molar-refractivity contribution in [3.63, 3.8) is 0 Å². The molecule has 0 saturated carbocycles. The molecular formula is C8H5BrF2INO2. The van der Waals surface area contributed by atoms with Crippen LogP contribution >= 0.6 is 38.5 Å². The van der Waals surface area contributed by atoms with Gasteiger partial charge in [-0.2, -0.15) is 0 Å². The minimum absolute atomic E-state index is 0.127. The largest absolute Gasteiger partial charge is 0.481 e. The molecule has 0 saturated heterocycles. The molecule has 0 bridgehead atoms. The second kappa shape index (κ2) is 5.15.